The number of benzene rings is 2. The number of rotatable bonds is 4. The SMILES string of the molecule is COC(=O)Cn1c(=NC(=O)c2ccc(SC)cc2)sc2cc(C)ccc21. The van der Waals surface area contributed by atoms with Gasteiger partial charge in [-0.3, -0.25) is 9.59 Å². The van der Waals surface area contributed by atoms with Gasteiger partial charge in [0.15, 0.2) is 4.80 Å². The minimum atomic E-state index is -0.386. The molecule has 0 radical (unpaired) electrons. The van der Waals surface area contributed by atoms with Crippen molar-refractivity contribution in [1.82, 2.24) is 4.57 Å². The van der Waals surface area contributed by atoms with Crippen molar-refractivity contribution in [3.8, 4) is 0 Å². The van der Waals surface area contributed by atoms with Crippen molar-refractivity contribution in [3.63, 3.8) is 0 Å². The summed E-state index contributed by atoms with van der Waals surface area (Å²) in [6.45, 7) is 2.01. The zero-order chi connectivity index (χ0) is 18.7. The molecule has 3 rings (SSSR count). The van der Waals surface area contributed by atoms with E-state index < -0.39 is 0 Å². The van der Waals surface area contributed by atoms with Crippen LogP contribution >= 0.6 is 23.1 Å². The molecule has 0 spiro atoms. The molecular formula is C19H18N2O3S2. The molecule has 2 aromatic carbocycles. The van der Waals surface area contributed by atoms with E-state index in [1.165, 1.54) is 18.4 Å². The zero-order valence-electron chi connectivity index (χ0n) is 14.7. The van der Waals surface area contributed by atoms with Crippen LogP contribution in [0.3, 0.4) is 0 Å². The minimum Gasteiger partial charge on any atom is -0.468 e. The monoisotopic (exact) mass is 386 g/mol. The Balaban J connectivity index is 2.09. The number of hydrogen-bond acceptors (Lipinski definition) is 5. The Bertz CT molecular complexity index is 1030. The number of aryl methyl sites for hydroxylation is 1. The number of fused-ring (bicyclic) bond motifs is 1. The summed E-state index contributed by atoms with van der Waals surface area (Å²) in [4.78, 5) is 30.2. The van der Waals surface area contributed by atoms with Gasteiger partial charge in [0.25, 0.3) is 5.91 Å². The van der Waals surface area contributed by atoms with Gasteiger partial charge in [-0.05, 0) is 55.1 Å². The van der Waals surface area contributed by atoms with Gasteiger partial charge >= 0.3 is 5.97 Å². The summed E-state index contributed by atoms with van der Waals surface area (Å²) in [6.07, 6.45) is 1.98. The highest BCUT2D eigenvalue weighted by molar-refractivity contribution is 7.98. The summed E-state index contributed by atoms with van der Waals surface area (Å²) in [6, 6.07) is 13.2. The average molecular weight is 386 g/mol. The second-order valence-electron chi connectivity index (χ2n) is 5.66. The number of ether oxygens (including phenoxy) is 1. The molecule has 1 amide bonds. The Morgan fingerprint density at radius 1 is 1.19 bits per heavy atom. The van der Waals surface area contributed by atoms with Gasteiger partial charge in [0.2, 0.25) is 0 Å². The van der Waals surface area contributed by atoms with Crippen molar-refractivity contribution < 1.29 is 14.3 Å². The lowest BCUT2D eigenvalue weighted by molar-refractivity contribution is -0.141. The number of amides is 1. The zero-order valence-corrected chi connectivity index (χ0v) is 16.3. The summed E-state index contributed by atoms with van der Waals surface area (Å²) in [5.41, 5.74) is 2.48. The number of hydrogen-bond donors (Lipinski definition) is 0. The van der Waals surface area contributed by atoms with E-state index in [4.69, 9.17) is 4.74 Å². The van der Waals surface area contributed by atoms with Crippen LogP contribution in [0.25, 0.3) is 10.2 Å². The van der Waals surface area contributed by atoms with Crippen LogP contribution in [0.1, 0.15) is 15.9 Å². The van der Waals surface area contributed by atoms with Gasteiger partial charge in [-0.1, -0.05) is 17.4 Å². The van der Waals surface area contributed by atoms with Crippen molar-refractivity contribution in [2.45, 2.75) is 18.4 Å². The third kappa shape index (κ3) is 3.89. The van der Waals surface area contributed by atoms with Crippen molar-refractivity contribution in [2.24, 2.45) is 4.99 Å². The van der Waals surface area contributed by atoms with Gasteiger partial charge in [-0.15, -0.1) is 11.8 Å². The first kappa shape index (κ1) is 18.4. The molecule has 0 aliphatic rings. The molecule has 0 atom stereocenters. The molecule has 134 valence electrons. The fourth-order valence-electron chi connectivity index (χ4n) is 2.50. The molecule has 5 nitrogen and oxygen atoms in total. The molecular weight excluding hydrogens is 368 g/mol. The number of thiazole rings is 1. The third-order valence-corrected chi connectivity index (χ3v) is 5.67. The Morgan fingerprint density at radius 3 is 2.58 bits per heavy atom. The van der Waals surface area contributed by atoms with E-state index in [0.717, 1.165) is 20.7 Å². The number of aromatic nitrogens is 1. The second-order valence-corrected chi connectivity index (χ2v) is 7.55. The lowest BCUT2D eigenvalue weighted by atomic mass is 10.2. The lowest BCUT2D eigenvalue weighted by Gasteiger charge is -2.04. The number of nitrogens with zero attached hydrogens (tertiary/aromatic N) is 2. The van der Waals surface area contributed by atoms with E-state index in [1.807, 2.05) is 43.5 Å². The van der Waals surface area contributed by atoms with E-state index in [-0.39, 0.29) is 18.4 Å². The molecule has 3 aromatic rings. The van der Waals surface area contributed by atoms with Crippen LogP contribution in [0.5, 0.6) is 0 Å². The molecule has 0 fully saturated rings. The number of carbonyl (C=O) groups is 2. The number of thioether (sulfide) groups is 1. The molecule has 1 heterocycles. The molecule has 26 heavy (non-hydrogen) atoms. The van der Waals surface area contributed by atoms with Crippen molar-refractivity contribution >= 4 is 45.2 Å². The molecule has 0 aliphatic heterocycles. The Labute approximate surface area is 159 Å². The topological polar surface area (TPSA) is 60.7 Å². The fourth-order valence-corrected chi connectivity index (χ4v) is 4.03. The molecule has 1 aromatic heterocycles. The first-order valence-corrected chi connectivity index (χ1v) is 9.96. The number of methoxy groups -OCH3 is 1. The van der Waals surface area contributed by atoms with Gasteiger partial charge in [-0.2, -0.15) is 4.99 Å². The Hall–Kier alpha value is -2.38. The molecule has 0 N–H and O–H groups in total. The summed E-state index contributed by atoms with van der Waals surface area (Å²) in [5.74, 6) is -0.719. The minimum absolute atomic E-state index is 0.0110. The van der Waals surface area contributed by atoms with Crippen LogP contribution < -0.4 is 4.80 Å². The number of carbonyl (C=O) groups excluding carboxylic acids is 2. The van der Waals surface area contributed by atoms with Gasteiger partial charge in [0, 0.05) is 10.5 Å². The predicted molar refractivity (Wildman–Crippen MR) is 105 cm³/mol. The van der Waals surface area contributed by atoms with E-state index in [9.17, 15) is 9.59 Å². The largest absolute Gasteiger partial charge is 0.468 e. The van der Waals surface area contributed by atoms with Gasteiger partial charge in [0.05, 0.1) is 17.3 Å². The lowest BCUT2D eigenvalue weighted by Crippen LogP contribution is -2.22. The first-order chi connectivity index (χ1) is 12.5. The molecule has 0 bridgehead atoms. The van der Waals surface area contributed by atoms with Crippen LogP contribution in [-0.2, 0) is 16.1 Å². The average Bonchev–Trinajstić information content (AvgIpc) is 2.97. The molecule has 7 heteroatoms. The summed E-state index contributed by atoms with van der Waals surface area (Å²) in [5, 5.41) is 0. The third-order valence-electron chi connectivity index (χ3n) is 3.89. The van der Waals surface area contributed by atoms with E-state index >= 15 is 0 Å². The van der Waals surface area contributed by atoms with E-state index in [0.29, 0.717) is 10.4 Å². The Morgan fingerprint density at radius 2 is 1.92 bits per heavy atom. The fraction of sp³-hybridized carbons (Fsp3) is 0.211. The van der Waals surface area contributed by atoms with Gasteiger partial charge < -0.3 is 9.30 Å². The molecule has 0 saturated carbocycles. The highest BCUT2D eigenvalue weighted by Crippen LogP contribution is 2.19. The maximum absolute atomic E-state index is 12.6. The standard InChI is InChI=1S/C19H18N2O3S2/c1-12-4-9-15-16(10-12)26-19(21(15)11-17(22)24-2)20-18(23)13-5-7-14(25-3)8-6-13/h4-10H,11H2,1-3H3. The van der Waals surface area contributed by atoms with E-state index in [2.05, 4.69) is 4.99 Å². The van der Waals surface area contributed by atoms with Crippen molar-refractivity contribution in [2.75, 3.05) is 13.4 Å². The van der Waals surface area contributed by atoms with Gasteiger partial charge in [-0.25, -0.2) is 0 Å². The highest BCUT2D eigenvalue weighted by Gasteiger charge is 2.12. The van der Waals surface area contributed by atoms with Crippen molar-refractivity contribution in [1.29, 1.82) is 0 Å². The van der Waals surface area contributed by atoms with Crippen LogP contribution in [0, 0.1) is 6.92 Å². The second kappa shape index (κ2) is 7.88. The summed E-state index contributed by atoms with van der Waals surface area (Å²) < 4.78 is 7.47. The first-order valence-electron chi connectivity index (χ1n) is 7.91. The normalized spacial score (nSPS) is 11.7. The summed E-state index contributed by atoms with van der Waals surface area (Å²) in [7, 11) is 1.34. The van der Waals surface area contributed by atoms with Crippen LogP contribution in [0.15, 0.2) is 52.4 Å². The molecule has 0 unspecified atom stereocenters. The maximum atomic E-state index is 12.6. The number of esters is 1. The molecule has 0 saturated heterocycles. The smallest absolute Gasteiger partial charge is 0.325 e. The van der Waals surface area contributed by atoms with Crippen molar-refractivity contribution in [3.05, 3.63) is 58.4 Å². The van der Waals surface area contributed by atoms with Crippen LogP contribution in [0.4, 0.5) is 0 Å². The van der Waals surface area contributed by atoms with Crippen LogP contribution in [-0.4, -0.2) is 29.8 Å². The predicted octanol–water partition coefficient (Wildman–Crippen LogP) is 3.65. The van der Waals surface area contributed by atoms with Crippen LogP contribution in [0.2, 0.25) is 0 Å². The highest BCUT2D eigenvalue weighted by atomic mass is 32.2. The molecule has 0 aliphatic carbocycles. The maximum Gasteiger partial charge on any atom is 0.325 e. The van der Waals surface area contributed by atoms with E-state index in [1.54, 1.807) is 28.5 Å². The summed E-state index contributed by atoms with van der Waals surface area (Å²) >= 11 is 3.00. The quantitative estimate of drug-likeness (QED) is 0.507. The Kier molecular flexibility index (Phi) is 5.58. The van der Waals surface area contributed by atoms with Gasteiger partial charge in [0.1, 0.15) is 6.54 Å².